The third-order valence-corrected chi connectivity index (χ3v) is 4.48. The van der Waals surface area contributed by atoms with Gasteiger partial charge in [0.05, 0.1) is 7.11 Å². The first kappa shape index (κ1) is 15.5. The van der Waals surface area contributed by atoms with Crippen molar-refractivity contribution in [3.8, 4) is 11.4 Å². The number of ether oxygens (including phenoxy) is 1. The average Bonchev–Trinajstić information content (AvgIpc) is 3.10. The van der Waals surface area contributed by atoms with E-state index in [4.69, 9.17) is 4.74 Å². The maximum atomic E-state index is 13.9. The molecule has 0 saturated carbocycles. The molecule has 0 aliphatic rings. The predicted molar refractivity (Wildman–Crippen MR) is 89.3 cm³/mol. The number of halogens is 1. The predicted octanol–water partition coefficient (Wildman–Crippen LogP) is 2.90. The first-order valence-corrected chi connectivity index (χ1v) is 8.08. The van der Waals surface area contributed by atoms with Gasteiger partial charge in [0.2, 0.25) is 5.16 Å². The smallest absolute Gasteiger partial charge is 0.220 e. The van der Waals surface area contributed by atoms with Gasteiger partial charge in [-0.25, -0.2) is 14.4 Å². The lowest BCUT2D eigenvalue weighted by molar-refractivity contribution is 0.410. The van der Waals surface area contributed by atoms with Gasteiger partial charge in [-0.15, -0.1) is 5.10 Å². The zero-order valence-corrected chi connectivity index (χ0v) is 13.8. The van der Waals surface area contributed by atoms with Crippen molar-refractivity contribution in [1.82, 2.24) is 30.2 Å². The number of nitrogens with zero attached hydrogens (tertiary/aromatic N) is 6. The molecule has 4 aromatic rings. The summed E-state index contributed by atoms with van der Waals surface area (Å²) in [5.74, 6) is 0.237. The quantitative estimate of drug-likeness (QED) is 0.521. The Hall–Kier alpha value is -3.07. The molecule has 0 aliphatic carbocycles. The van der Waals surface area contributed by atoms with Crippen molar-refractivity contribution < 1.29 is 9.13 Å². The molecule has 2 heterocycles. The molecule has 0 bridgehead atoms. The van der Waals surface area contributed by atoms with Gasteiger partial charge in [0.15, 0.2) is 0 Å². The topological polar surface area (TPSA) is 78.6 Å². The Morgan fingerprint density at radius 3 is 2.84 bits per heavy atom. The van der Waals surface area contributed by atoms with E-state index < -0.39 is 5.82 Å². The minimum absolute atomic E-state index is 0.260. The fourth-order valence-corrected chi connectivity index (χ4v) is 3.24. The summed E-state index contributed by atoms with van der Waals surface area (Å²) in [7, 11) is 1.58. The first-order valence-electron chi connectivity index (χ1n) is 7.27. The fraction of sp³-hybridized carbons (Fsp3) is 0.0625. The molecule has 124 valence electrons. The second-order valence-electron chi connectivity index (χ2n) is 4.96. The van der Waals surface area contributed by atoms with E-state index in [-0.39, 0.29) is 5.52 Å². The van der Waals surface area contributed by atoms with Crippen LogP contribution in [-0.4, -0.2) is 37.3 Å². The molecule has 4 rings (SSSR count). The molecule has 0 radical (unpaired) electrons. The number of hydrogen-bond donors (Lipinski definition) is 0. The Morgan fingerprint density at radius 1 is 1.08 bits per heavy atom. The van der Waals surface area contributed by atoms with Gasteiger partial charge in [0.25, 0.3) is 0 Å². The summed E-state index contributed by atoms with van der Waals surface area (Å²) in [6.45, 7) is 0. The minimum atomic E-state index is -0.397. The largest absolute Gasteiger partial charge is 0.494 e. The summed E-state index contributed by atoms with van der Waals surface area (Å²) in [5, 5.41) is 13.5. The van der Waals surface area contributed by atoms with E-state index in [2.05, 4.69) is 25.5 Å². The molecule has 0 unspecified atom stereocenters. The van der Waals surface area contributed by atoms with Crippen LogP contribution in [0.25, 0.3) is 16.6 Å². The van der Waals surface area contributed by atoms with Gasteiger partial charge in [0.1, 0.15) is 34.1 Å². The Balaban J connectivity index is 1.79. The first-order chi connectivity index (χ1) is 12.3. The second kappa shape index (κ2) is 6.44. The van der Waals surface area contributed by atoms with E-state index in [1.165, 1.54) is 24.2 Å². The minimum Gasteiger partial charge on any atom is -0.494 e. The van der Waals surface area contributed by atoms with E-state index in [1.807, 2.05) is 24.3 Å². The monoisotopic (exact) mass is 354 g/mol. The van der Waals surface area contributed by atoms with Gasteiger partial charge in [-0.1, -0.05) is 18.2 Å². The van der Waals surface area contributed by atoms with Crippen molar-refractivity contribution in [3.05, 3.63) is 54.6 Å². The molecule has 0 saturated heterocycles. The van der Waals surface area contributed by atoms with E-state index >= 15 is 0 Å². The number of hydrogen-bond acceptors (Lipinski definition) is 7. The van der Waals surface area contributed by atoms with Crippen molar-refractivity contribution in [1.29, 1.82) is 0 Å². The van der Waals surface area contributed by atoms with Crippen LogP contribution in [0.2, 0.25) is 0 Å². The molecule has 0 N–H and O–H groups in total. The molecule has 9 heteroatoms. The summed E-state index contributed by atoms with van der Waals surface area (Å²) in [4.78, 5) is 8.25. The molecule has 0 atom stereocenters. The number of aromatic nitrogens is 6. The molecule has 0 fully saturated rings. The van der Waals surface area contributed by atoms with Crippen LogP contribution in [0.5, 0.6) is 5.75 Å². The lowest BCUT2D eigenvalue weighted by atomic mass is 10.2. The lowest BCUT2D eigenvalue weighted by Gasteiger charge is -2.09. The van der Waals surface area contributed by atoms with Crippen LogP contribution < -0.4 is 4.74 Å². The third-order valence-electron chi connectivity index (χ3n) is 3.52. The van der Waals surface area contributed by atoms with E-state index in [0.29, 0.717) is 27.0 Å². The highest BCUT2D eigenvalue weighted by Gasteiger charge is 2.16. The van der Waals surface area contributed by atoms with Crippen LogP contribution in [0.3, 0.4) is 0 Å². The molecule has 7 nitrogen and oxygen atoms in total. The van der Waals surface area contributed by atoms with Crippen LogP contribution in [0.4, 0.5) is 4.39 Å². The van der Waals surface area contributed by atoms with Crippen LogP contribution in [0, 0.1) is 5.82 Å². The standard InChI is InChI=1S/C16H11FN6OS/c1-24-13-8-3-2-7-12(13)23-16(20-21-22-23)25-15-10-5-4-6-11(17)14(10)18-9-19-15/h2-9H,1H3. The highest BCUT2D eigenvalue weighted by atomic mass is 32.2. The van der Waals surface area contributed by atoms with E-state index in [1.54, 1.807) is 23.9 Å². The van der Waals surface area contributed by atoms with E-state index in [9.17, 15) is 4.39 Å². The van der Waals surface area contributed by atoms with Crippen LogP contribution in [0.15, 0.2) is 59.0 Å². The van der Waals surface area contributed by atoms with Gasteiger partial charge in [-0.3, -0.25) is 0 Å². The number of benzene rings is 2. The van der Waals surface area contributed by atoms with E-state index in [0.717, 1.165) is 0 Å². The molecule has 25 heavy (non-hydrogen) atoms. The molecular weight excluding hydrogens is 343 g/mol. The summed E-state index contributed by atoms with van der Waals surface area (Å²) in [6, 6.07) is 12.1. The Bertz CT molecular complexity index is 1050. The highest BCUT2D eigenvalue weighted by molar-refractivity contribution is 7.99. The Labute approximate surface area is 145 Å². The molecule has 2 aromatic heterocycles. The van der Waals surface area contributed by atoms with Crippen molar-refractivity contribution in [2.75, 3.05) is 7.11 Å². The normalized spacial score (nSPS) is 11.0. The maximum Gasteiger partial charge on any atom is 0.220 e. The SMILES string of the molecule is COc1ccccc1-n1nnnc1Sc1ncnc2c(F)cccc12. The number of tetrazole rings is 1. The molecular formula is C16H11FN6OS. The zero-order valence-electron chi connectivity index (χ0n) is 13.0. The molecule has 0 spiro atoms. The third kappa shape index (κ3) is 2.78. The van der Waals surface area contributed by atoms with Gasteiger partial charge in [0, 0.05) is 5.39 Å². The van der Waals surface area contributed by atoms with Crippen LogP contribution in [-0.2, 0) is 0 Å². The maximum absolute atomic E-state index is 13.9. The number of fused-ring (bicyclic) bond motifs is 1. The van der Waals surface area contributed by atoms with Gasteiger partial charge in [-0.05, 0) is 46.5 Å². The van der Waals surface area contributed by atoms with Crippen molar-refractivity contribution >= 4 is 22.7 Å². The van der Waals surface area contributed by atoms with Crippen LogP contribution in [0.1, 0.15) is 0 Å². The summed E-state index contributed by atoms with van der Waals surface area (Å²) >= 11 is 1.23. The number of methoxy groups -OCH3 is 1. The van der Waals surface area contributed by atoms with Gasteiger partial charge < -0.3 is 4.74 Å². The average molecular weight is 354 g/mol. The van der Waals surface area contributed by atoms with Gasteiger partial charge >= 0.3 is 0 Å². The number of rotatable bonds is 4. The van der Waals surface area contributed by atoms with Crippen molar-refractivity contribution in [2.45, 2.75) is 10.2 Å². The summed E-state index contributed by atoms with van der Waals surface area (Å²) < 4.78 is 20.8. The van der Waals surface area contributed by atoms with Gasteiger partial charge in [-0.2, -0.15) is 4.68 Å². The van der Waals surface area contributed by atoms with Crippen molar-refractivity contribution in [3.63, 3.8) is 0 Å². The zero-order chi connectivity index (χ0) is 17.2. The Kier molecular flexibility index (Phi) is 3.98. The molecule has 0 amide bonds. The van der Waals surface area contributed by atoms with Crippen LogP contribution >= 0.6 is 11.8 Å². The molecule has 0 aliphatic heterocycles. The second-order valence-corrected chi connectivity index (χ2v) is 5.92. The number of para-hydroxylation sites is 3. The Morgan fingerprint density at radius 2 is 1.96 bits per heavy atom. The lowest BCUT2D eigenvalue weighted by Crippen LogP contribution is -2.02. The highest BCUT2D eigenvalue weighted by Crippen LogP contribution is 2.32. The summed E-state index contributed by atoms with van der Waals surface area (Å²) in [6.07, 6.45) is 1.32. The fourth-order valence-electron chi connectivity index (χ4n) is 2.39. The molecule has 2 aromatic carbocycles. The van der Waals surface area contributed by atoms with Crippen molar-refractivity contribution in [2.24, 2.45) is 0 Å². The summed E-state index contributed by atoms with van der Waals surface area (Å²) in [5.41, 5.74) is 0.957.